The predicted molar refractivity (Wildman–Crippen MR) is 121 cm³/mol. The van der Waals surface area contributed by atoms with E-state index in [1.54, 1.807) is 13.8 Å². The highest BCUT2D eigenvalue weighted by molar-refractivity contribution is 5.86. The molecular weight excluding hydrogens is 424 g/mol. The van der Waals surface area contributed by atoms with Crippen LogP contribution in [0, 0.1) is 5.92 Å². The Hall–Kier alpha value is -3.39. The number of rotatable bonds is 7. The van der Waals surface area contributed by atoms with E-state index < -0.39 is 30.1 Å². The zero-order valence-electron chi connectivity index (χ0n) is 18.7. The Morgan fingerprint density at radius 3 is 2.27 bits per heavy atom. The van der Waals surface area contributed by atoms with Crippen LogP contribution in [-0.4, -0.2) is 66.4 Å². The standard InChI is InChI=1S/C25H28N2O6/c1-3-27(22-14-32-12-21(22)24(29)30)23(28)15(2)26-25(31)33-13-20-18-10-6-4-8-16(18)17-9-5-7-11-19(17)20/h4-11,15,20-22H,3,12-14H2,1-2H3,(H,26,31)(H,29,30). The van der Waals surface area contributed by atoms with Crippen LogP contribution in [0.3, 0.4) is 0 Å². The molecule has 8 nitrogen and oxygen atoms in total. The number of fused-ring (bicyclic) bond motifs is 3. The smallest absolute Gasteiger partial charge is 0.407 e. The van der Waals surface area contributed by atoms with Crippen LogP contribution in [0.15, 0.2) is 48.5 Å². The molecule has 8 heteroatoms. The summed E-state index contributed by atoms with van der Waals surface area (Å²) in [4.78, 5) is 38.4. The maximum Gasteiger partial charge on any atom is 0.407 e. The van der Waals surface area contributed by atoms with Gasteiger partial charge in [0.25, 0.3) is 0 Å². The summed E-state index contributed by atoms with van der Waals surface area (Å²) in [5.74, 6) is -2.22. The number of ether oxygens (including phenoxy) is 2. The third-order valence-corrected chi connectivity index (χ3v) is 6.44. The summed E-state index contributed by atoms with van der Waals surface area (Å²) < 4.78 is 10.8. The van der Waals surface area contributed by atoms with E-state index in [1.807, 2.05) is 36.4 Å². The van der Waals surface area contributed by atoms with Crippen molar-refractivity contribution in [2.24, 2.45) is 5.92 Å². The average molecular weight is 453 g/mol. The highest BCUT2D eigenvalue weighted by Crippen LogP contribution is 2.44. The summed E-state index contributed by atoms with van der Waals surface area (Å²) >= 11 is 0. The van der Waals surface area contributed by atoms with E-state index in [9.17, 15) is 19.5 Å². The largest absolute Gasteiger partial charge is 0.481 e. The van der Waals surface area contributed by atoms with Crippen LogP contribution in [-0.2, 0) is 19.1 Å². The van der Waals surface area contributed by atoms with Crippen molar-refractivity contribution in [2.45, 2.75) is 31.8 Å². The Balaban J connectivity index is 1.38. The van der Waals surface area contributed by atoms with Crippen molar-refractivity contribution in [3.8, 4) is 11.1 Å². The second-order valence-corrected chi connectivity index (χ2v) is 8.37. The summed E-state index contributed by atoms with van der Waals surface area (Å²) in [6.45, 7) is 4.03. The summed E-state index contributed by atoms with van der Waals surface area (Å²) in [5, 5.41) is 12.0. The molecule has 1 heterocycles. The summed E-state index contributed by atoms with van der Waals surface area (Å²) in [6, 6.07) is 14.7. The summed E-state index contributed by atoms with van der Waals surface area (Å²) in [7, 11) is 0. The van der Waals surface area contributed by atoms with Crippen molar-refractivity contribution in [1.82, 2.24) is 10.2 Å². The Kier molecular flexibility index (Phi) is 6.65. The monoisotopic (exact) mass is 452 g/mol. The maximum atomic E-state index is 13.0. The van der Waals surface area contributed by atoms with Crippen molar-refractivity contribution in [3.05, 3.63) is 59.7 Å². The maximum absolute atomic E-state index is 13.0. The van der Waals surface area contributed by atoms with Gasteiger partial charge in [-0.25, -0.2) is 4.79 Å². The first kappa shape index (κ1) is 22.8. The van der Waals surface area contributed by atoms with E-state index in [0.29, 0.717) is 6.54 Å². The fraction of sp³-hybridized carbons (Fsp3) is 0.400. The minimum absolute atomic E-state index is 0.0674. The number of carboxylic acids is 1. The molecule has 1 aliphatic heterocycles. The molecule has 1 aliphatic carbocycles. The second-order valence-electron chi connectivity index (χ2n) is 8.37. The number of hydrogen-bond donors (Lipinski definition) is 2. The van der Waals surface area contributed by atoms with E-state index in [-0.39, 0.29) is 31.6 Å². The van der Waals surface area contributed by atoms with E-state index >= 15 is 0 Å². The number of carboxylic acid groups (broad SMARTS) is 1. The van der Waals surface area contributed by atoms with Crippen molar-refractivity contribution in [1.29, 1.82) is 0 Å². The summed E-state index contributed by atoms with van der Waals surface area (Å²) in [6.07, 6.45) is -0.689. The van der Waals surface area contributed by atoms with E-state index in [0.717, 1.165) is 22.3 Å². The molecule has 33 heavy (non-hydrogen) atoms. The topological polar surface area (TPSA) is 105 Å². The molecule has 0 aromatic heterocycles. The van der Waals surface area contributed by atoms with Crippen LogP contribution >= 0.6 is 0 Å². The van der Waals surface area contributed by atoms with Gasteiger partial charge in [0, 0.05) is 12.5 Å². The van der Waals surface area contributed by atoms with E-state index in [4.69, 9.17) is 9.47 Å². The number of nitrogens with one attached hydrogen (secondary N) is 1. The second kappa shape index (κ2) is 9.62. The highest BCUT2D eigenvalue weighted by atomic mass is 16.5. The molecule has 3 atom stereocenters. The lowest BCUT2D eigenvalue weighted by molar-refractivity contribution is -0.145. The van der Waals surface area contributed by atoms with Gasteiger partial charge in [0.2, 0.25) is 5.91 Å². The molecule has 2 amide bonds. The molecule has 2 aromatic rings. The lowest BCUT2D eigenvalue weighted by atomic mass is 9.98. The number of aliphatic carboxylic acids is 1. The van der Waals surface area contributed by atoms with Gasteiger partial charge >= 0.3 is 12.1 Å². The number of hydrogen-bond acceptors (Lipinski definition) is 5. The quantitative estimate of drug-likeness (QED) is 0.669. The number of benzene rings is 2. The Morgan fingerprint density at radius 1 is 1.09 bits per heavy atom. The zero-order chi connectivity index (χ0) is 23.5. The fourth-order valence-electron chi connectivity index (χ4n) is 4.77. The number of carbonyl (C=O) groups excluding carboxylic acids is 2. The van der Waals surface area contributed by atoms with Crippen LogP contribution in [0.2, 0.25) is 0 Å². The molecule has 0 radical (unpaired) electrons. The molecule has 2 aromatic carbocycles. The molecule has 3 unspecified atom stereocenters. The summed E-state index contributed by atoms with van der Waals surface area (Å²) in [5.41, 5.74) is 4.48. The van der Waals surface area contributed by atoms with Crippen molar-refractivity contribution >= 4 is 18.0 Å². The molecule has 0 spiro atoms. The number of nitrogens with zero attached hydrogens (tertiary/aromatic N) is 1. The molecule has 2 aliphatic rings. The normalized spacial score (nSPS) is 19.9. The Bertz CT molecular complexity index is 1010. The van der Waals surface area contributed by atoms with Gasteiger partial charge in [0.05, 0.1) is 19.3 Å². The Labute approximate surface area is 192 Å². The minimum Gasteiger partial charge on any atom is -0.481 e. The van der Waals surface area contributed by atoms with Gasteiger partial charge in [0.1, 0.15) is 18.6 Å². The van der Waals surface area contributed by atoms with Gasteiger partial charge in [-0.05, 0) is 36.1 Å². The van der Waals surface area contributed by atoms with Gasteiger partial charge in [-0.3, -0.25) is 9.59 Å². The van der Waals surface area contributed by atoms with Crippen molar-refractivity contribution < 1.29 is 29.0 Å². The first-order valence-corrected chi connectivity index (χ1v) is 11.1. The van der Waals surface area contributed by atoms with Crippen LogP contribution in [0.5, 0.6) is 0 Å². The molecule has 0 saturated carbocycles. The number of alkyl carbamates (subject to hydrolysis) is 1. The third-order valence-electron chi connectivity index (χ3n) is 6.44. The molecule has 4 rings (SSSR count). The van der Waals surface area contributed by atoms with Gasteiger partial charge in [-0.1, -0.05) is 48.5 Å². The zero-order valence-corrected chi connectivity index (χ0v) is 18.7. The number of carbonyl (C=O) groups is 3. The molecule has 1 saturated heterocycles. The van der Waals surface area contributed by atoms with E-state index in [2.05, 4.69) is 17.4 Å². The fourth-order valence-corrected chi connectivity index (χ4v) is 4.77. The molecular formula is C25H28N2O6. The van der Waals surface area contributed by atoms with Crippen molar-refractivity contribution in [3.63, 3.8) is 0 Å². The average Bonchev–Trinajstić information content (AvgIpc) is 3.41. The van der Waals surface area contributed by atoms with Crippen LogP contribution in [0.25, 0.3) is 11.1 Å². The SMILES string of the molecule is CCN(C(=O)C(C)NC(=O)OCC1c2ccccc2-c2ccccc21)C1COCC1C(=O)O. The first-order valence-electron chi connectivity index (χ1n) is 11.1. The highest BCUT2D eigenvalue weighted by Gasteiger charge is 2.40. The lowest BCUT2D eigenvalue weighted by Crippen LogP contribution is -2.53. The number of amides is 2. The molecule has 2 N–H and O–H groups in total. The predicted octanol–water partition coefficient (Wildman–Crippen LogP) is 2.86. The van der Waals surface area contributed by atoms with Crippen LogP contribution in [0.1, 0.15) is 30.9 Å². The van der Waals surface area contributed by atoms with Gasteiger partial charge in [0.15, 0.2) is 0 Å². The van der Waals surface area contributed by atoms with Gasteiger partial charge in [-0.2, -0.15) is 0 Å². The number of likely N-dealkylation sites (N-methyl/N-ethyl adjacent to an activating group) is 1. The van der Waals surface area contributed by atoms with Crippen LogP contribution in [0.4, 0.5) is 4.79 Å². The third kappa shape index (κ3) is 4.43. The lowest BCUT2D eigenvalue weighted by Gasteiger charge is -2.31. The first-order chi connectivity index (χ1) is 15.9. The van der Waals surface area contributed by atoms with E-state index in [1.165, 1.54) is 4.90 Å². The van der Waals surface area contributed by atoms with Gasteiger partial charge < -0.3 is 24.8 Å². The van der Waals surface area contributed by atoms with Gasteiger partial charge in [-0.15, -0.1) is 0 Å². The molecule has 174 valence electrons. The van der Waals surface area contributed by atoms with Crippen LogP contribution < -0.4 is 5.32 Å². The Morgan fingerprint density at radius 2 is 1.70 bits per heavy atom. The molecule has 0 bridgehead atoms. The minimum atomic E-state index is -0.999. The molecule has 1 fully saturated rings. The van der Waals surface area contributed by atoms with Crippen molar-refractivity contribution in [2.75, 3.05) is 26.4 Å².